The van der Waals surface area contributed by atoms with E-state index >= 15 is 0 Å². The summed E-state index contributed by atoms with van der Waals surface area (Å²) in [6, 6.07) is 0. The van der Waals surface area contributed by atoms with Crippen LogP contribution in [-0.4, -0.2) is 47.7 Å². The Labute approximate surface area is 98.5 Å². The first-order valence-corrected chi connectivity index (χ1v) is 5.71. The zero-order chi connectivity index (χ0) is 11.4. The molecule has 1 aliphatic rings. The number of carbonyl (C=O) groups excluding carboxylic acids is 2. The molecule has 0 aromatic carbocycles. The number of hydrogen-bond acceptors (Lipinski definition) is 3. The summed E-state index contributed by atoms with van der Waals surface area (Å²) in [7, 11) is 0. The fourth-order valence-corrected chi connectivity index (χ4v) is 2.15. The lowest BCUT2D eigenvalue weighted by molar-refractivity contribution is -0.147. The van der Waals surface area contributed by atoms with E-state index in [1.807, 2.05) is 0 Å². The van der Waals surface area contributed by atoms with Gasteiger partial charge in [0, 0.05) is 18.3 Å². The number of amides is 1. The lowest BCUT2D eigenvalue weighted by Gasteiger charge is -2.14. The standard InChI is InChI=1S/C9H13Cl2NO3/c1-2-15-7(13)5-12-4-6(3-10)8(11)9(12)14/h6,8H,2-5H2,1H3. The van der Waals surface area contributed by atoms with Crippen LogP contribution >= 0.6 is 23.2 Å². The molecule has 0 bridgehead atoms. The van der Waals surface area contributed by atoms with Crippen molar-refractivity contribution in [3.05, 3.63) is 0 Å². The molecule has 0 N–H and O–H groups in total. The number of rotatable bonds is 4. The van der Waals surface area contributed by atoms with Gasteiger partial charge >= 0.3 is 5.97 Å². The molecule has 15 heavy (non-hydrogen) atoms. The van der Waals surface area contributed by atoms with Crippen LogP contribution in [0.15, 0.2) is 0 Å². The average molecular weight is 254 g/mol. The number of hydrogen-bond donors (Lipinski definition) is 0. The van der Waals surface area contributed by atoms with Gasteiger partial charge in [0.25, 0.3) is 0 Å². The molecule has 1 aliphatic heterocycles. The number of esters is 1. The smallest absolute Gasteiger partial charge is 0.325 e. The minimum absolute atomic E-state index is 0.0384. The minimum atomic E-state index is -0.614. The molecule has 0 spiro atoms. The molecule has 0 aromatic rings. The van der Waals surface area contributed by atoms with E-state index in [9.17, 15) is 9.59 Å². The number of ether oxygens (including phenoxy) is 1. The predicted molar refractivity (Wildman–Crippen MR) is 57.1 cm³/mol. The number of likely N-dealkylation sites (tertiary alicyclic amines) is 1. The molecule has 1 saturated heterocycles. The molecule has 1 fully saturated rings. The van der Waals surface area contributed by atoms with Crippen LogP contribution in [0.5, 0.6) is 0 Å². The van der Waals surface area contributed by atoms with E-state index in [2.05, 4.69) is 0 Å². The van der Waals surface area contributed by atoms with E-state index < -0.39 is 11.3 Å². The SMILES string of the molecule is CCOC(=O)CN1CC(CCl)C(Cl)C1=O. The molecule has 2 atom stereocenters. The zero-order valence-corrected chi connectivity index (χ0v) is 9.92. The van der Waals surface area contributed by atoms with Crippen LogP contribution < -0.4 is 0 Å². The Morgan fingerprint density at radius 3 is 2.80 bits per heavy atom. The summed E-state index contributed by atoms with van der Waals surface area (Å²) in [5.41, 5.74) is 0. The number of halogens is 2. The molecule has 0 aromatic heterocycles. The molecule has 1 amide bonds. The van der Waals surface area contributed by atoms with Crippen molar-refractivity contribution >= 4 is 35.1 Å². The monoisotopic (exact) mass is 253 g/mol. The molecule has 0 radical (unpaired) electrons. The third-order valence-electron chi connectivity index (χ3n) is 2.24. The van der Waals surface area contributed by atoms with E-state index in [1.54, 1.807) is 6.92 Å². The summed E-state index contributed by atoms with van der Waals surface area (Å²) in [6.45, 7) is 2.42. The third kappa shape index (κ3) is 2.98. The van der Waals surface area contributed by atoms with Gasteiger partial charge in [-0.3, -0.25) is 9.59 Å². The molecule has 0 saturated carbocycles. The van der Waals surface area contributed by atoms with Crippen molar-refractivity contribution < 1.29 is 14.3 Å². The molecule has 6 heteroatoms. The summed E-state index contributed by atoms with van der Waals surface area (Å²) < 4.78 is 4.75. The van der Waals surface area contributed by atoms with Gasteiger partial charge in [-0.1, -0.05) is 0 Å². The lowest BCUT2D eigenvalue weighted by Crippen LogP contribution is -2.33. The maximum Gasteiger partial charge on any atom is 0.325 e. The van der Waals surface area contributed by atoms with Gasteiger partial charge in [-0.05, 0) is 6.92 Å². The normalized spacial score (nSPS) is 25.8. The zero-order valence-electron chi connectivity index (χ0n) is 8.41. The number of alkyl halides is 2. The second-order valence-corrected chi connectivity index (χ2v) is 4.12. The van der Waals surface area contributed by atoms with Gasteiger partial charge in [0.1, 0.15) is 11.9 Å². The Bertz CT molecular complexity index is 260. The highest BCUT2D eigenvalue weighted by molar-refractivity contribution is 6.32. The van der Waals surface area contributed by atoms with Crippen molar-refractivity contribution in [2.75, 3.05) is 25.6 Å². The van der Waals surface area contributed by atoms with Gasteiger partial charge in [-0.25, -0.2) is 0 Å². The van der Waals surface area contributed by atoms with E-state index in [0.717, 1.165) is 0 Å². The van der Waals surface area contributed by atoms with Crippen LogP contribution in [0.2, 0.25) is 0 Å². The van der Waals surface area contributed by atoms with Gasteiger partial charge < -0.3 is 9.64 Å². The van der Waals surface area contributed by atoms with Gasteiger partial charge in [0.2, 0.25) is 5.91 Å². The highest BCUT2D eigenvalue weighted by Gasteiger charge is 2.39. The van der Waals surface area contributed by atoms with Crippen molar-refractivity contribution in [3.63, 3.8) is 0 Å². The third-order valence-corrected chi connectivity index (χ3v) is 3.18. The largest absolute Gasteiger partial charge is 0.465 e. The molecule has 1 rings (SSSR count). The molecular formula is C9H13Cl2NO3. The van der Waals surface area contributed by atoms with Crippen LogP contribution in [0.4, 0.5) is 0 Å². The Hall–Kier alpha value is -0.480. The van der Waals surface area contributed by atoms with Crippen LogP contribution in [0.1, 0.15) is 6.92 Å². The topological polar surface area (TPSA) is 46.6 Å². The summed E-state index contributed by atoms with van der Waals surface area (Å²) in [5, 5.41) is -0.614. The van der Waals surface area contributed by atoms with E-state index in [0.29, 0.717) is 19.0 Å². The molecule has 2 unspecified atom stereocenters. The van der Waals surface area contributed by atoms with E-state index in [1.165, 1.54) is 4.90 Å². The van der Waals surface area contributed by atoms with Crippen LogP contribution in [0, 0.1) is 5.92 Å². The maximum absolute atomic E-state index is 11.5. The summed E-state index contributed by atoms with van der Waals surface area (Å²) in [4.78, 5) is 24.1. The molecule has 1 heterocycles. The average Bonchev–Trinajstić information content (AvgIpc) is 2.46. The molecular weight excluding hydrogens is 241 g/mol. The van der Waals surface area contributed by atoms with Crippen molar-refractivity contribution in [2.45, 2.75) is 12.3 Å². The quantitative estimate of drug-likeness (QED) is 0.552. The predicted octanol–water partition coefficient (Wildman–Crippen LogP) is 0.854. The first-order chi connectivity index (χ1) is 7.10. The van der Waals surface area contributed by atoms with Crippen LogP contribution in [0.3, 0.4) is 0 Å². The Balaban J connectivity index is 2.50. The Kier molecular flexibility index (Phi) is 4.67. The van der Waals surface area contributed by atoms with Crippen LogP contribution in [-0.2, 0) is 14.3 Å². The fraction of sp³-hybridized carbons (Fsp3) is 0.778. The minimum Gasteiger partial charge on any atom is -0.465 e. The summed E-state index contributed by atoms with van der Waals surface area (Å²) in [6.07, 6.45) is 0. The first-order valence-electron chi connectivity index (χ1n) is 4.74. The summed E-state index contributed by atoms with van der Waals surface area (Å²) >= 11 is 11.5. The van der Waals surface area contributed by atoms with Gasteiger partial charge in [-0.15, -0.1) is 23.2 Å². The highest BCUT2D eigenvalue weighted by Crippen LogP contribution is 2.24. The molecule has 86 valence electrons. The first kappa shape index (κ1) is 12.6. The van der Waals surface area contributed by atoms with Crippen molar-refractivity contribution in [2.24, 2.45) is 5.92 Å². The van der Waals surface area contributed by atoms with Crippen LogP contribution in [0.25, 0.3) is 0 Å². The second kappa shape index (κ2) is 5.56. The highest BCUT2D eigenvalue weighted by atomic mass is 35.5. The van der Waals surface area contributed by atoms with Gasteiger partial charge in [0.15, 0.2) is 0 Å². The Morgan fingerprint density at radius 1 is 1.67 bits per heavy atom. The molecule has 0 aliphatic carbocycles. The maximum atomic E-state index is 11.5. The van der Waals surface area contributed by atoms with E-state index in [4.69, 9.17) is 27.9 Å². The fourth-order valence-electron chi connectivity index (χ4n) is 1.47. The lowest BCUT2D eigenvalue weighted by atomic mass is 10.1. The van der Waals surface area contributed by atoms with Gasteiger partial charge in [0.05, 0.1) is 6.61 Å². The van der Waals surface area contributed by atoms with Gasteiger partial charge in [-0.2, -0.15) is 0 Å². The second-order valence-electron chi connectivity index (χ2n) is 3.34. The number of nitrogens with zero attached hydrogens (tertiary/aromatic N) is 1. The van der Waals surface area contributed by atoms with Crippen molar-refractivity contribution in [1.29, 1.82) is 0 Å². The number of carbonyl (C=O) groups is 2. The van der Waals surface area contributed by atoms with Crippen molar-refractivity contribution in [1.82, 2.24) is 4.90 Å². The molecule has 4 nitrogen and oxygen atoms in total. The Morgan fingerprint density at radius 2 is 2.33 bits per heavy atom. The van der Waals surface area contributed by atoms with E-state index in [-0.39, 0.29) is 18.4 Å². The summed E-state index contributed by atoms with van der Waals surface area (Å²) in [5.74, 6) is -0.422. The van der Waals surface area contributed by atoms with Crippen molar-refractivity contribution in [3.8, 4) is 0 Å².